The molecular formula is C38H23BN2. The van der Waals surface area contributed by atoms with Crippen molar-refractivity contribution in [1.82, 2.24) is 4.57 Å². The number of aromatic nitrogens is 1. The van der Waals surface area contributed by atoms with Crippen LogP contribution in [0.1, 0.15) is 22.3 Å². The first-order valence-corrected chi connectivity index (χ1v) is 14.1. The summed E-state index contributed by atoms with van der Waals surface area (Å²) in [6, 6.07) is 50.6. The molecule has 0 unspecified atom stereocenters. The molecular weight excluding hydrogens is 495 g/mol. The van der Waals surface area contributed by atoms with Gasteiger partial charge in [-0.3, -0.25) is 0 Å². The van der Waals surface area contributed by atoms with Crippen LogP contribution in [0.15, 0.2) is 140 Å². The predicted molar refractivity (Wildman–Crippen MR) is 170 cm³/mol. The zero-order chi connectivity index (χ0) is 27.1. The van der Waals surface area contributed by atoms with E-state index in [0.717, 1.165) is 0 Å². The van der Waals surface area contributed by atoms with Crippen LogP contribution in [0.2, 0.25) is 0 Å². The van der Waals surface area contributed by atoms with Crippen LogP contribution < -0.4 is 16.4 Å². The van der Waals surface area contributed by atoms with Crippen LogP contribution in [0.5, 0.6) is 0 Å². The van der Waals surface area contributed by atoms with E-state index in [2.05, 4.69) is 143 Å². The van der Waals surface area contributed by atoms with Gasteiger partial charge in [-0.1, -0.05) is 133 Å². The molecule has 0 fully saturated rings. The van der Waals surface area contributed by atoms with Crippen LogP contribution in [0.3, 0.4) is 0 Å². The Labute approximate surface area is 239 Å². The highest BCUT2D eigenvalue weighted by Crippen LogP contribution is 2.48. The van der Waals surface area contributed by atoms with Gasteiger partial charge in [-0.25, -0.2) is 4.85 Å². The molecule has 0 amide bonds. The summed E-state index contributed by atoms with van der Waals surface area (Å²) < 4.78 is 2.49. The number of hydrogen-bond acceptors (Lipinski definition) is 0. The Balaban J connectivity index is 1.54. The van der Waals surface area contributed by atoms with Crippen LogP contribution >= 0.6 is 0 Å². The lowest BCUT2D eigenvalue weighted by Gasteiger charge is -2.46. The quantitative estimate of drug-likeness (QED) is 0.175. The van der Waals surface area contributed by atoms with Gasteiger partial charge in [0.2, 0.25) is 6.71 Å². The number of para-hydroxylation sites is 2. The highest BCUT2D eigenvalue weighted by Gasteiger charge is 2.50. The largest absolute Gasteiger partial charge is 0.310 e. The number of nitrogens with zero attached hydrogens (tertiary/aromatic N) is 2. The van der Waals surface area contributed by atoms with Crippen molar-refractivity contribution in [3.8, 4) is 5.69 Å². The lowest BCUT2D eigenvalue weighted by atomic mass is 9.29. The number of benzene rings is 6. The van der Waals surface area contributed by atoms with E-state index in [9.17, 15) is 0 Å². The highest BCUT2D eigenvalue weighted by atomic mass is 15.0. The van der Waals surface area contributed by atoms with Crippen LogP contribution in [0.25, 0.3) is 32.3 Å². The summed E-state index contributed by atoms with van der Waals surface area (Å²) in [5.74, 6) is 0. The third-order valence-electron chi connectivity index (χ3n) is 9.35. The van der Waals surface area contributed by atoms with E-state index in [1.165, 1.54) is 66.1 Å². The van der Waals surface area contributed by atoms with E-state index in [1.807, 2.05) is 6.07 Å². The Morgan fingerprint density at radius 1 is 0.585 bits per heavy atom. The summed E-state index contributed by atoms with van der Waals surface area (Å²) in [4.78, 5) is 3.91. The van der Waals surface area contributed by atoms with Crippen molar-refractivity contribution in [2.75, 3.05) is 0 Å². The Morgan fingerprint density at radius 2 is 1.27 bits per heavy atom. The summed E-state index contributed by atoms with van der Waals surface area (Å²) in [5.41, 5.74) is 12.7. The summed E-state index contributed by atoms with van der Waals surface area (Å²) in [5, 5.41) is 2.55. The monoisotopic (exact) mass is 518 g/mol. The SMILES string of the molecule is [C-]#[N+]c1ccc2c(c1)B1c3c(cccc3C2(c2ccccc2)c2ccccc2)-n2c3ccccc3c3cccc1c32. The molecule has 0 bridgehead atoms. The molecule has 6 aromatic carbocycles. The van der Waals surface area contributed by atoms with Crippen molar-refractivity contribution in [2.24, 2.45) is 0 Å². The third-order valence-corrected chi connectivity index (χ3v) is 9.35. The van der Waals surface area contributed by atoms with Gasteiger partial charge in [-0.05, 0) is 45.3 Å². The lowest BCUT2D eigenvalue weighted by Crippen LogP contribution is -2.64. The Morgan fingerprint density at radius 3 is 2.02 bits per heavy atom. The molecule has 2 aliphatic heterocycles. The van der Waals surface area contributed by atoms with Crippen molar-refractivity contribution >= 4 is 50.6 Å². The Hall–Kier alpha value is -5.33. The minimum atomic E-state index is -0.533. The van der Waals surface area contributed by atoms with Gasteiger partial charge in [-0.2, -0.15) is 0 Å². The van der Waals surface area contributed by atoms with Crippen LogP contribution in [0.4, 0.5) is 5.69 Å². The van der Waals surface area contributed by atoms with Crippen LogP contribution in [0, 0.1) is 6.57 Å². The van der Waals surface area contributed by atoms with Gasteiger partial charge in [0, 0.05) is 22.0 Å². The van der Waals surface area contributed by atoms with E-state index in [0.29, 0.717) is 5.69 Å². The van der Waals surface area contributed by atoms with Gasteiger partial charge in [-0.15, -0.1) is 0 Å². The Bertz CT molecular complexity index is 2180. The van der Waals surface area contributed by atoms with E-state index in [1.54, 1.807) is 0 Å². The molecule has 0 atom stereocenters. The third kappa shape index (κ3) is 2.72. The molecule has 0 saturated heterocycles. The normalized spacial score (nSPS) is 14.0. The van der Waals surface area contributed by atoms with E-state index >= 15 is 0 Å². The average molecular weight is 518 g/mol. The standard InChI is InChI=1S/C38H23BN2/c1-40-27-22-23-30-33(24-27)39-32-19-10-17-29-28-16-8-9-20-34(28)41(37(29)32)35-21-11-18-31(36(35)39)38(30,25-12-4-2-5-13-25)26-14-6-3-7-15-26/h2-24H. The lowest BCUT2D eigenvalue weighted by molar-refractivity contribution is 0.750. The average Bonchev–Trinajstić information content (AvgIpc) is 3.39. The van der Waals surface area contributed by atoms with Gasteiger partial charge < -0.3 is 4.57 Å². The molecule has 0 saturated carbocycles. The molecule has 0 radical (unpaired) electrons. The predicted octanol–water partition coefficient (Wildman–Crippen LogP) is 6.86. The highest BCUT2D eigenvalue weighted by molar-refractivity contribution is 6.99. The van der Waals surface area contributed by atoms with Gasteiger partial charge in [0.25, 0.3) is 0 Å². The first kappa shape index (κ1) is 22.5. The minimum Gasteiger partial charge on any atom is -0.310 e. The maximum atomic E-state index is 7.94. The molecule has 3 heterocycles. The van der Waals surface area contributed by atoms with Crippen molar-refractivity contribution in [2.45, 2.75) is 5.41 Å². The molecule has 0 spiro atoms. The molecule has 41 heavy (non-hydrogen) atoms. The minimum absolute atomic E-state index is 0.0268. The van der Waals surface area contributed by atoms with Crippen molar-refractivity contribution in [3.05, 3.63) is 173 Å². The van der Waals surface area contributed by atoms with E-state index in [4.69, 9.17) is 6.57 Å². The summed E-state index contributed by atoms with van der Waals surface area (Å²) in [6.07, 6.45) is 0. The smallest absolute Gasteiger partial charge is 0.246 e. The maximum Gasteiger partial charge on any atom is 0.246 e. The van der Waals surface area contributed by atoms with E-state index in [-0.39, 0.29) is 6.71 Å². The summed E-state index contributed by atoms with van der Waals surface area (Å²) in [7, 11) is 0. The zero-order valence-electron chi connectivity index (χ0n) is 22.3. The van der Waals surface area contributed by atoms with Crippen LogP contribution in [-0.2, 0) is 5.41 Å². The molecule has 0 N–H and O–H groups in total. The number of hydrogen-bond donors (Lipinski definition) is 0. The maximum absolute atomic E-state index is 7.94. The van der Waals surface area contributed by atoms with Crippen molar-refractivity contribution < 1.29 is 0 Å². The molecule has 2 aliphatic rings. The molecule has 2 nitrogen and oxygen atoms in total. The fourth-order valence-corrected chi connectivity index (χ4v) is 7.90. The molecule has 7 aromatic rings. The van der Waals surface area contributed by atoms with Gasteiger partial charge in [0.15, 0.2) is 5.69 Å². The molecule has 3 heteroatoms. The summed E-state index contributed by atoms with van der Waals surface area (Å²) >= 11 is 0. The molecule has 1 aromatic heterocycles. The second-order valence-electron chi connectivity index (χ2n) is 11.1. The van der Waals surface area contributed by atoms with Crippen molar-refractivity contribution in [1.29, 1.82) is 0 Å². The summed E-state index contributed by atoms with van der Waals surface area (Å²) in [6.45, 7) is 7.96. The molecule has 9 rings (SSSR count). The zero-order valence-corrected chi connectivity index (χ0v) is 22.3. The topological polar surface area (TPSA) is 9.29 Å². The number of fused-ring (bicyclic) bond motifs is 7. The van der Waals surface area contributed by atoms with Gasteiger partial charge in [0.05, 0.1) is 17.5 Å². The van der Waals surface area contributed by atoms with Crippen LogP contribution in [-0.4, -0.2) is 11.3 Å². The fourth-order valence-electron chi connectivity index (χ4n) is 7.90. The fraction of sp³-hybridized carbons (Fsp3) is 0.0263. The first-order chi connectivity index (χ1) is 20.3. The first-order valence-electron chi connectivity index (χ1n) is 14.1. The van der Waals surface area contributed by atoms with E-state index < -0.39 is 5.41 Å². The Kier molecular flexibility index (Phi) is 4.44. The second-order valence-corrected chi connectivity index (χ2v) is 11.1. The molecule has 0 aliphatic carbocycles. The number of rotatable bonds is 2. The van der Waals surface area contributed by atoms with Gasteiger partial charge >= 0.3 is 0 Å². The molecule has 188 valence electrons. The second kappa shape index (κ2) is 8.10. The van der Waals surface area contributed by atoms with Gasteiger partial charge in [0.1, 0.15) is 0 Å². The van der Waals surface area contributed by atoms with Crippen molar-refractivity contribution in [3.63, 3.8) is 0 Å².